The van der Waals surface area contributed by atoms with Gasteiger partial charge >= 0.3 is 0 Å². The van der Waals surface area contributed by atoms with E-state index in [-0.39, 0.29) is 5.78 Å². The van der Waals surface area contributed by atoms with Crippen molar-refractivity contribution in [3.63, 3.8) is 0 Å². The Kier molecular flexibility index (Phi) is 6.35. The zero-order chi connectivity index (χ0) is 21.8. The van der Waals surface area contributed by atoms with Crippen molar-refractivity contribution in [1.29, 1.82) is 0 Å². The number of methoxy groups -OCH3 is 1. The normalized spacial score (nSPS) is 11.1. The average molecular weight is 494 g/mol. The fraction of sp³-hybridized carbons (Fsp3) is 0.0400. The minimum absolute atomic E-state index is 0.106. The van der Waals surface area contributed by atoms with Crippen LogP contribution in [0.25, 0.3) is 23.0 Å². The van der Waals surface area contributed by atoms with Crippen molar-refractivity contribution < 1.29 is 9.53 Å². The zero-order valence-corrected chi connectivity index (χ0v) is 19.0. The molecule has 0 N–H and O–H groups in total. The van der Waals surface area contributed by atoms with Crippen LogP contribution in [0.5, 0.6) is 5.75 Å². The first-order chi connectivity index (χ1) is 15.0. The molecule has 4 rings (SSSR count). The number of rotatable bonds is 6. The maximum absolute atomic E-state index is 12.6. The van der Waals surface area contributed by atoms with Crippen molar-refractivity contribution in [2.24, 2.45) is 0 Å². The summed E-state index contributed by atoms with van der Waals surface area (Å²) in [5.41, 5.74) is 3.99. The third kappa shape index (κ3) is 4.79. The summed E-state index contributed by atoms with van der Waals surface area (Å²) in [7, 11) is 1.63. The second-order valence-corrected chi connectivity index (χ2v) is 8.06. The van der Waals surface area contributed by atoms with Crippen LogP contribution in [0.15, 0.2) is 89.5 Å². The standard InChI is InChI=1S/C25H18BrClN2O2/c1-31-24-14-10-18(15-22(24)26)25-19(16-29(28-25)21-5-3-2-4-6-21)9-13-23(30)17-7-11-20(27)12-8-17/h2-16H,1H3/b13-9+. The number of carbonyl (C=O) groups is 1. The number of nitrogens with zero attached hydrogens (tertiary/aromatic N) is 2. The first kappa shape index (κ1) is 21.1. The number of carbonyl (C=O) groups excluding carboxylic acids is 1. The Balaban J connectivity index is 1.74. The van der Waals surface area contributed by atoms with E-state index in [1.54, 1.807) is 48.2 Å². The van der Waals surface area contributed by atoms with Crippen molar-refractivity contribution >= 4 is 39.4 Å². The van der Waals surface area contributed by atoms with Crippen molar-refractivity contribution in [1.82, 2.24) is 9.78 Å². The molecule has 0 radical (unpaired) electrons. The van der Waals surface area contributed by atoms with Gasteiger partial charge in [0.25, 0.3) is 0 Å². The SMILES string of the molecule is COc1ccc(-c2nn(-c3ccccc3)cc2/C=C/C(=O)c2ccc(Cl)cc2)cc1Br. The zero-order valence-electron chi connectivity index (χ0n) is 16.6. The lowest BCUT2D eigenvalue weighted by Gasteiger charge is -2.05. The summed E-state index contributed by atoms with van der Waals surface area (Å²) >= 11 is 9.46. The molecular formula is C25H18BrClN2O2. The molecule has 0 bridgehead atoms. The topological polar surface area (TPSA) is 44.1 Å². The molecule has 4 nitrogen and oxygen atoms in total. The predicted molar refractivity (Wildman–Crippen MR) is 128 cm³/mol. The maximum atomic E-state index is 12.6. The summed E-state index contributed by atoms with van der Waals surface area (Å²) in [5.74, 6) is 0.632. The number of hydrogen-bond donors (Lipinski definition) is 0. The van der Waals surface area contributed by atoms with Gasteiger partial charge in [-0.2, -0.15) is 5.10 Å². The van der Waals surface area contributed by atoms with Crippen LogP contribution in [0.4, 0.5) is 0 Å². The molecule has 0 unspecified atom stereocenters. The predicted octanol–water partition coefficient (Wildman–Crippen LogP) is 6.86. The van der Waals surface area contributed by atoms with Gasteiger partial charge in [0, 0.05) is 27.9 Å². The highest BCUT2D eigenvalue weighted by molar-refractivity contribution is 9.10. The molecule has 3 aromatic carbocycles. The second kappa shape index (κ2) is 9.33. The number of ether oxygens (including phenoxy) is 1. The van der Waals surface area contributed by atoms with Gasteiger partial charge in [0.05, 0.1) is 23.0 Å². The molecule has 0 atom stereocenters. The van der Waals surface area contributed by atoms with E-state index in [0.29, 0.717) is 10.6 Å². The molecule has 0 saturated heterocycles. The smallest absolute Gasteiger partial charge is 0.185 e. The quantitative estimate of drug-likeness (QED) is 0.218. The Labute approximate surface area is 193 Å². The van der Waals surface area contributed by atoms with Gasteiger partial charge in [-0.25, -0.2) is 4.68 Å². The van der Waals surface area contributed by atoms with E-state index in [9.17, 15) is 4.79 Å². The van der Waals surface area contributed by atoms with Gasteiger partial charge in [0.2, 0.25) is 0 Å². The molecule has 0 aliphatic rings. The van der Waals surface area contributed by atoms with Gasteiger partial charge < -0.3 is 4.74 Å². The van der Waals surface area contributed by atoms with Gasteiger partial charge in [-0.05, 0) is 82.7 Å². The molecule has 1 heterocycles. The lowest BCUT2D eigenvalue weighted by molar-refractivity contribution is 0.104. The third-order valence-electron chi connectivity index (χ3n) is 4.73. The third-order valence-corrected chi connectivity index (χ3v) is 5.60. The molecule has 154 valence electrons. The van der Waals surface area contributed by atoms with E-state index in [1.807, 2.05) is 54.7 Å². The average Bonchev–Trinajstić information content (AvgIpc) is 3.23. The van der Waals surface area contributed by atoms with E-state index in [0.717, 1.165) is 32.7 Å². The molecule has 6 heteroatoms. The first-order valence-electron chi connectivity index (χ1n) is 9.52. The van der Waals surface area contributed by atoms with Crippen molar-refractivity contribution in [2.75, 3.05) is 7.11 Å². The molecule has 0 fully saturated rings. The Morgan fingerprint density at radius 1 is 1.06 bits per heavy atom. The van der Waals surface area contributed by atoms with Crippen LogP contribution >= 0.6 is 27.5 Å². The van der Waals surface area contributed by atoms with E-state index in [2.05, 4.69) is 15.9 Å². The van der Waals surface area contributed by atoms with Gasteiger partial charge in [-0.15, -0.1) is 0 Å². The summed E-state index contributed by atoms with van der Waals surface area (Å²) in [6.07, 6.45) is 5.25. The molecule has 4 aromatic rings. The monoisotopic (exact) mass is 492 g/mol. The van der Waals surface area contributed by atoms with Gasteiger partial charge in [0.15, 0.2) is 5.78 Å². The molecular weight excluding hydrogens is 476 g/mol. The minimum atomic E-state index is -0.106. The Bertz CT molecular complexity index is 1250. The van der Waals surface area contributed by atoms with Crippen LogP contribution in [-0.4, -0.2) is 22.7 Å². The highest BCUT2D eigenvalue weighted by atomic mass is 79.9. The van der Waals surface area contributed by atoms with Crippen LogP contribution in [0.3, 0.4) is 0 Å². The van der Waals surface area contributed by atoms with Crippen molar-refractivity contribution in [2.45, 2.75) is 0 Å². The number of ketones is 1. The number of benzene rings is 3. The molecule has 0 aliphatic heterocycles. The summed E-state index contributed by atoms with van der Waals surface area (Å²) in [6, 6.07) is 22.4. The number of hydrogen-bond acceptors (Lipinski definition) is 3. The summed E-state index contributed by atoms with van der Waals surface area (Å²) in [5, 5.41) is 5.38. The van der Waals surface area contributed by atoms with Crippen LogP contribution < -0.4 is 4.74 Å². The van der Waals surface area contributed by atoms with Crippen LogP contribution in [0.2, 0.25) is 5.02 Å². The maximum Gasteiger partial charge on any atom is 0.185 e. The Hall–Kier alpha value is -3.15. The van der Waals surface area contributed by atoms with E-state index >= 15 is 0 Å². The summed E-state index contributed by atoms with van der Waals surface area (Å²) in [6.45, 7) is 0. The summed E-state index contributed by atoms with van der Waals surface area (Å²) in [4.78, 5) is 12.6. The molecule has 31 heavy (non-hydrogen) atoms. The number of aromatic nitrogens is 2. The fourth-order valence-corrected chi connectivity index (χ4v) is 3.80. The molecule has 0 spiro atoms. The van der Waals surface area contributed by atoms with Crippen molar-refractivity contribution in [3.8, 4) is 22.7 Å². The largest absolute Gasteiger partial charge is 0.496 e. The molecule has 0 saturated carbocycles. The lowest BCUT2D eigenvalue weighted by atomic mass is 10.1. The van der Waals surface area contributed by atoms with E-state index < -0.39 is 0 Å². The Morgan fingerprint density at radius 2 is 1.81 bits per heavy atom. The van der Waals surface area contributed by atoms with E-state index in [4.69, 9.17) is 21.4 Å². The van der Waals surface area contributed by atoms with Crippen LogP contribution in [-0.2, 0) is 0 Å². The summed E-state index contributed by atoms with van der Waals surface area (Å²) < 4.78 is 7.97. The fourth-order valence-electron chi connectivity index (χ4n) is 3.14. The number of halogens is 2. The number of para-hydroxylation sites is 1. The minimum Gasteiger partial charge on any atom is -0.496 e. The van der Waals surface area contributed by atoms with E-state index in [1.165, 1.54) is 0 Å². The van der Waals surface area contributed by atoms with Gasteiger partial charge in [-0.1, -0.05) is 29.8 Å². The van der Waals surface area contributed by atoms with Gasteiger partial charge in [-0.3, -0.25) is 4.79 Å². The Morgan fingerprint density at radius 3 is 2.48 bits per heavy atom. The first-order valence-corrected chi connectivity index (χ1v) is 10.7. The van der Waals surface area contributed by atoms with Crippen molar-refractivity contribution in [3.05, 3.63) is 106 Å². The number of allylic oxidation sites excluding steroid dienone is 1. The highest BCUT2D eigenvalue weighted by Crippen LogP contribution is 2.32. The second-order valence-electron chi connectivity index (χ2n) is 6.77. The highest BCUT2D eigenvalue weighted by Gasteiger charge is 2.13. The molecule has 0 amide bonds. The molecule has 1 aromatic heterocycles. The van der Waals surface area contributed by atoms with Crippen LogP contribution in [0.1, 0.15) is 15.9 Å². The molecule has 0 aliphatic carbocycles. The lowest BCUT2D eigenvalue weighted by Crippen LogP contribution is -1.94. The van der Waals surface area contributed by atoms with Crippen LogP contribution in [0, 0.1) is 0 Å². The van der Waals surface area contributed by atoms with Gasteiger partial charge in [0.1, 0.15) is 5.75 Å².